The molecule has 0 amide bonds. The topological polar surface area (TPSA) is 77.6 Å². The third kappa shape index (κ3) is 3.83. The molecule has 1 N–H and O–H groups in total. The van der Waals surface area contributed by atoms with Crippen molar-refractivity contribution in [2.75, 3.05) is 5.32 Å². The second-order valence-corrected chi connectivity index (χ2v) is 8.43. The van der Waals surface area contributed by atoms with Gasteiger partial charge in [0.1, 0.15) is 18.0 Å². The van der Waals surface area contributed by atoms with Gasteiger partial charge in [0.2, 0.25) is 0 Å². The fourth-order valence-electron chi connectivity index (χ4n) is 4.04. The Morgan fingerprint density at radius 3 is 2.65 bits per heavy atom. The Hall–Kier alpha value is -4.33. The van der Waals surface area contributed by atoms with Crippen LogP contribution in [-0.4, -0.2) is 30.1 Å². The zero-order valence-electron chi connectivity index (χ0n) is 18.2. The molecule has 1 fully saturated rings. The first-order valence-electron chi connectivity index (χ1n) is 11.2. The van der Waals surface area contributed by atoms with E-state index < -0.39 is 0 Å². The lowest BCUT2D eigenvalue weighted by Crippen LogP contribution is -2.20. The first kappa shape index (κ1) is 20.3. The van der Waals surface area contributed by atoms with Gasteiger partial charge in [0.15, 0.2) is 17.0 Å². The van der Waals surface area contributed by atoms with Crippen molar-refractivity contribution in [2.24, 2.45) is 0 Å². The van der Waals surface area contributed by atoms with Crippen LogP contribution >= 0.6 is 0 Å². The zero-order chi connectivity index (χ0) is 23.1. The minimum Gasteiger partial charge on any atom is -0.365 e. The number of hydrogen-bond donors (Lipinski definition) is 1. The lowest BCUT2D eigenvalue weighted by atomic mass is 10.2. The maximum Gasteiger partial charge on any atom is 0.250 e. The molecule has 168 valence electrons. The molecule has 0 spiro atoms. The van der Waals surface area contributed by atoms with Crippen molar-refractivity contribution in [1.82, 2.24) is 24.1 Å². The number of aromatic nitrogens is 5. The number of halogens is 1. The number of benzene rings is 2. The second-order valence-electron chi connectivity index (χ2n) is 8.43. The van der Waals surface area contributed by atoms with Crippen LogP contribution in [0, 0.1) is 5.82 Å². The average Bonchev–Trinajstić information content (AvgIpc) is 3.58. The third-order valence-electron chi connectivity index (χ3n) is 5.87. The Morgan fingerprint density at radius 1 is 1.00 bits per heavy atom. The first-order valence-corrected chi connectivity index (χ1v) is 11.2. The van der Waals surface area contributed by atoms with E-state index in [9.17, 15) is 9.18 Å². The van der Waals surface area contributed by atoms with Crippen molar-refractivity contribution in [3.8, 4) is 17.1 Å². The van der Waals surface area contributed by atoms with Crippen molar-refractivity contribution >= 4 is 17.0 Å². The molecule has 0 atom stereocenters. The fourth-order valence-corrected chi connectivity index (χ4v) is 4.04. The molecular formula is C26H21FN6O. The van der Waals surface area contributed by atoms with Crippen LogP contribution in [-0.2, 0) is 6.54 Å². The van der Waals surface area contributed by atoms with Crippen molar-refractivity contribution in [3.05, 3.63) is 101 Å². The monoisotopic (exact) mass is 452 g/mol. The Bertz CT molecular complexity index is 1560. The van der Waals surface area contributed by atoms with E-state index in [0.717, 1.165) is 18.4 Å². The standard InChI is InChI=1S/C26H21FN6O/c27-19-8-4-7-18(13-19)25-31-23-24(30-20-9-10-20)28-16-29-26(23)33(25)21-11-12-22(34)32(15-21)14-17-5-2-1-3-6-17/h1-8,11-13,15-16,20H,9-10,14H2,(H,28,29,30). The summed E-state index contributed by atoms with van der Waals surface area (Å²) < 4.78 is 17.6. The SMILES string of the molecule is O=c1ccc(-n2c(-c3cccc(F)c3)nc3c(NC4CC4)ncnc32)cn1Cc1ccccc1. The highest BCUT2D eigenvalue weighted by Crippen LogP contribution is 2.32. The van der Waals surface area contributed by atoms with E-state index in [0.29, 0.717) is 46.6 Å². The van der Waals surface area contributed by atoms with E-state index >= 15 is 0 Å². The van der Waals surface area contributed by atoms with Crippen LogP contribution in [0.15, 0.2) is 84.0 Å². The number of nitrogens with zero attached hydrogens (tertiary/aromatic N) is 5. The maximum absolute atomic E-state index is 14.1. The largest absolute Gasteiger partial charge is 0.365 e. The Morgan fingerprint density at radius 2 is 1.85 bits per heavy atom. The highest BCUT2D eigenvalue weighted by molar-refractivity contribution is 5.88. The highest BCUT2D eigenvalue weighted by Gasteiger charge is 2.25. The molecule has 0 unspecified atom stereocenters. The molecule has 3 heterocycles. The molecule has 5 aromatic rings. The predicted molar refractivity (Wildman–Crippen MR) is 129 cm³/mol. The predicted octanol–water partition coefficient (Wildman–Crippen LogP) is 4.41. The number of hydrogen-bond acceptors (Lipinski definition) is 5. The van der Waals surface area contributed by atoms with Gasteiger partial charge in [-0.2, -0.15) is 0 Å². The van der Waals surface area contributed by atoms with E-state index in [2.05, 4.69) is 15.3 Å². The van der Waals surface area contributed by atoms with Crippen LogP contribution in [0.25, 0.3) is 28.2 Å². The molecule has 7 nitrogen and oxygen atoms in total. The van der Waals surface area contributed by atoms with Gasteiger partial charge in [-0.1, -0.05) is 42.5 Å². The first-order chi connectivity index (χ1) is 16.7. The Kier molecular flexibility index (Phi) is 4.91. The number of anilines is 1. The normalized spacial score (nSPS) is 13.3. The van der Waals surface area contributed by atoms with E-state index in [1.165, 1.54) is 24.5 Å². The van der Waals surface area contributed by atoms with Crippen LogP contribution in [0.1, 0.15) is 18.4 Å². The highest BCUT2D eigenvalue weighted by atomic mass is 19.1. The summed E-state index contributed by atoms with van der Waals surface area (Å²) in [7, 11) is 0. The molecule has 3 aromatic heterocycles. The van der Waals surface area contributed by atoms with Gasteiger partial charge in [0.25, 0.3) is 5.56 Å². The van der Waals surface area contributed by atoms with Gasteiger partial charge in [-0.15, -0.1) is 0 Å². The fraction of sp³-hybridized carbons (Fsp3) is 0.154. The van der Waals surface area contributed by atoms with E-state index in [-0.39, 0.29) is 11.4 Å². The van der Waals surface area contributed by atoms with Crippen LogP contribution in [0.5, 0.6) is 0 Å². The summed E-state index contributed by atoms with van der Waals surface area (Å²) in [6.45, 7) is 0.429. The number of fused-ring (bicyclic) bond motifs is 1. The van der Waals surface area contributed by atoms with Gasteiger partial charge < -0.3 is 9.88 Å². The van der Waals surface area contributed by atoms with Gasteiger partial charge in [-0.05, 0) is 36.6 Å². The van der Waals surface area contributed by atoms with Crippen LogP contribution in [0.3, 0.4) is 0 Å². The van der Waals surface area contributed by atoms with Crippen molar-refractivity contribution in [2.45, 2.75) is 25.4 Å². The third-order valence-corrected chi connectivity index (χ3v) is 5.87. The van der Waals surface area contributed by atoms with E-state index in [1.807, 2.05) is 41.0 Å². The van der Waals surface area contributed by atoms with E-state index in [1.54, 1.807) is 22.9 Å². The smallest absolute Gasteiger partial charge is 0.250 e. The second kappa shape index (κ2) is 8.22. The summed E-state index contributed by atoms with van der Waals surface area (Å²) in [6, 6.07) is 19.7. The van der Waals surface area contributed by atoms with Gasteiger partial charge >= 0.3 is 0 Å². The maximum atomic E-state index is 14.1. The summed E-state index contributed by atoms with van der Waals surface area (Å²) in [6.07, 6.45) is 5.47. The summed E-state index contributed by atoms with van der Waals surface area (Å²) in [5.74, 6) is 0.827. The number of pyridine rings is 1. The van der Waals surface area contributed by atoms with Crippen molar-refractivity contribution in [3.63, 3.8) is 0 Å². The van der Waals surface area contributed by atoms with Crippen LogP contribution < -0.4 is 10.9 Å². The molecule has 1 aliphatic rings. The molecule has 8 heteroatoms. The minimum atomic E-state index is -0.354. The molecular weight excluding hydrogens is 431 g/mol. The van der Waals surface area contributed by atoms with Gasteiger partial charge in [-0.3, -0.25) is 9.36 Å². The molecule has 0 radical (unpaired) electrons. The zero-order valence-corrected chi connectivity index (χ0v) is 18.2. The van der Waals surface area contributed by atoms with Crippen molar-refractivity contribution < 1.29 is 4.39 Å². The number of nitrogens with one attached hydrogen (secondary N) is 1. The van der Waals surface area contributed by atoms with Crippen LogP contribution in [0.2, 0.25) is 0 Å². The van der Waals surface area contributed by atoms with Crippen LogP contribution in [0.4, 0.5) is 10.2 Å². The molecule has 1 aliphatic carbocycles. The lowest BCUT2D eigenvalue weighted by Gasteiger charge is -2.12. The molecule has 34 heavy (non-hydrogen) atoms. The molecule has 0 saturated heterocycles. The molecule has 6 rings (SSSR count). The molecule has 1 saturated carbocycles. The summed E-state index contributed by atoms with van der Waals surface area (Å²) >= 11 is 0. The van der Waals surface area contributed by atoms with Crippen molar-refractivity contribution in [1.29, 1.82) is 0 Å². The molecule has 2 aromatic carbocycles. The summed E-state index contributed by atoms with van der Waals surface area (Å²) in [5.41, 5.74) is 3.40. The van der Waals surface area contributed by atoms with Gasteiger partial charge in [0, 0.05) is 23.9 Å². The minimum absolute atomic E-state index is 0.116. The number of rotatable bonds is 6. The summed E-state index contributed by atoms with van der Waals surface area (Å²) in [4.78, 5) is 26.4. The molecule has 0 aliphatic heterocycles. The lowest BCUT2D eigenvalue weighted by molar-refractivity contribution is 0.628. The van der Waals surface area contributed by atoms with E-state index in [4.69, 9.17) is 4.98 Å². The Balaban J connectivity index is 1.55. The number of imidazole rings is 1. The average molecular weight is 452 g/mol. The summed E-state index contributed by atoms with van der Waals surface area (Å²) in [5, 5.41) is 3.41. The Labute approximate surface area is 194 Å². The molecule has 0 bridgehead atoms. The quantitative estimate of drug-likeness (QED) is 0.413. The van der Waals surface area contributed by atoms with Gasteiger partial charge in [0.05, 0.1) is 12.2 Å². The van der Waals surface area contributed by atoms with Gasteiger partial charge in [-0.25, -0.2) is 19.3 Å².